The number of nitrogens with zero attached hydrogens (tertiary/aromatic N) is 1. The van der Waals surface area contributed by atoms with E-state index in [0.29, 0.717) is 18.4 Å². The van der Waals surface area contributed by atoms with Crippen molar-refractivity contribution in [2.45, 2.75) is 40.0 Å². The first kappa shape index (κ1) is 27.9. The van der Waals surface area contributed by atoms with E-state index >= 15 is 0 Å². The number of hydrogen-bond acceptors (Lipinski definition) is 2. The Balaban J connectivity index is 0.000000508. The van der Waals surface area contributed by atoms with Crippen LogP contribution in [0.15, 0.2) is 90.6 Å². The molecule has 1 N–H and O–H groups in total. The second-order valence-corrected chi connectivity index (χ2v) is 7.82. The van der Waals surface area contributed by atoms with Crippen LogP contribution in [0.4, 0.5) is 5.69 Å². The van der Waals surface area contributed by atoms with E-state index < -0.39 is 5.97 Å². The second-order valence-electron chi connectivity index (χ2n) is 7.38. The summed E-state index contributed by atoms with van der Waals surface area (Å²) in [7, 11) is 0. The third kappa shape index (κ3) is 9.11. The average molecular weight is 468 g/mol. The van der Waals surface area contributed by atoms with Gasteiger partial charge in [-0.1, -0.05) is 87.5 Å². The second kappa shape index (κ2) is 14.9. The molecule has 0 aliphatic heterocycles. The lowest BCUT2D eigenvalue weighted by Gasteiger charge is -2.21. The minimum absolute atomic E-state index is 0.109. The Hall–Kier alpha value is -3.11. The fourth-order valence-electron chi connectivity index (χ4n) is 3.24. The van der Waals surface area contributed by atoms with E-state index in [1.807, 2.05) is 75.4 Å². The number of allylic oxidation sites excluding steroid dienone is 1. The van der Waals surface area contributed by atoms with Crippen LogP contribution >= 0.6 is 11.6 Å². The first-order chi connectivity index (χ1) is 15.9. The molecule has 2 aromatic carbocycles. The molecule has 0 spiro atoms. The van der Waals surface area contributed by atoms with Gasteiger partial charge in [0.05, 0.1) is 12.1 Å². The Bertz CT molecular complexity index is 966. The zero-order valence-electron chi connectivity index (χ0n) is 19.9. The van der Waals surface area contributed by atoms with Crippen LogP contribution in [0.2, 0.25) is 5.02 Å². The van der Waals surface area contributed by atoms with E-state index in [2.05, 4.69) is 19.6 Å². The molecule has 0 saturated heterocycles. The van der Waals surface area contributed by atoms with Crippen molar-refractivity contribution in [1.82, 2.24) is 0 Å². The number of benzene rings is 2. The lowest BCUT2D eigenvalue weighted by Crippen LogP contribution is -2.24. The van der Waals surface area contributed by atoms with Crippen molar-refractivity contribution >= 4 is 29.7 Å². The van der Waals surface area contributed by atoms with Gasteiger partial charge in [0.2, 0.25) is 6.41 Å². The summed E-state index contributed by atoms with van der Waals surface area (Å²) in [6.45, 7) is 11.9. The van der Waals surface area contributed by atoms with Gasteiger partial charge in [-0.05, 0) is 60.6 Å². The number of carbonyl (C=O) groups excluding carboxylic acids is 1. The van der Waals surface area contributed by atoms with Crippen LogP contribution in [0.3, 0.4) is 0 Å². The number of para-hydroxylation sites is 1. The number of rotatable bonds is 8. The van der Waals surface area contributed by atoms with Crippen LogP contribution in [-0.2, 0) is 9.59 Å². The molecule has 0 radical (unpaired) electrons. The maximum atomic E-state index is 11.7. The Morgan fingerprint density at radius 2 is 1.73 bits per heavy atom. The highest BCUT2D eigenvalue weighted by molar-refractivity contribution is 6.30. The van der Waals surface area contributed by atoms with E-state index in [1.165, 1.54) is 11.6 Å². The van der Waals surface area contributed by atoms with E-state index in [9.17, 15) is 9.59 Å². The predicted molar refractivity (Wildman–Crippen MR) is 139 cm³/mol. The van der Waals surface area contributed by atoms with Gasteiger partial charge in [0.1, 0.15) is 0 Å². The lowest BCUT2D eigenvalue weighted by molar-refractivity contribution is -0.132. The summed E-state index contributed by atoms with van der Waals surface area (Å²) in [6, 6.07) is 17.4. The largest absolute Gasteiger partial charge is 0.478 e. The fourth-order valence-corrected chi connectivity index (χ4v) is 3.38. The summed E-state index contributed by atoms with van der Waals surface area (Å²) in [5.74, 6) is 0.102. The molecule has 3 rings (SSSR count). The van der Waals surface area contributed by atoms with Gasteiger partial charge in [0, 0.05) is 10.7 Å². The normalized spacial score (nSPS) is 16.9. The fraction of sp³-hybridized carbons (Fsp3) is 0.286. The molecule has 33 heavy (non-hydrogen) atoms. The molecule has 1 fully saturated rings. The molecular weight excluding hydrogens is 434 g/mol. The van der Waals surface area contributed by atoms with Crippen molar-refractivity contribution in [2.24, 2.45) is 5.92 Å². The zero-order valence-corrected chi connectivity index (χ0v) is 20.6. The standard InChI is InChI=1S/C20H23NO3.C6H5Cl.C2H6/c1-4-15(11-16(5-2)20(23)24)12-21(13-22)19-9-7-6-8-17(19)18-10-14(18)3;7-6-4-2-1-3-5-6;1-2/h4-9,11,13-14,18H,2,10,12H2,1,3H3,(H,23,24);1-5H;1-2H3/b15-4+,16-11+;;. The smallest absolute Gasteiger partial charge is 0.335 e. The van der Waals surface area contributed by atoms with Crippen LogP contribution in [0, 0.1) is 5.92 Å². The van der Waals surface area contributed by atoms with Crippen LogP contribution in [0.25, 0.3) is 0 Å². The first-order valence-electron chi connectivity index (χ1n) is 11.1. The van der Waals surface area contributed by atoms with Gasteiger partial charge in [-0.25, -0.2) is 4.79 Å². The molecule has 0 aromatic heterocycles. The highest BCUT2D eigenvalue weighted by Gasteiger charge is 2.36. The molecular formula is C28H34ClNO3. The monoisotopic (exact) mass is 467 g/mol. The first-order valence-corrected chi connectivity index (χ1v) is 11.5. The van der Waals surface area contributed by atoms with Crippen molar-refractivity contribution in [1.29, 1.82) is 0 Å². The number of carbonyl (C=O) groups is 2. The van der Waals surface area contributed by atoms with Crippen LogP contribution in [0.5, 0.6) is 0 Å². The third-order valence-corrected chi connectivity index (χ3v) is 5.40. The molecule has 0 bridgehead atoms. The van der Waals surface area contributed by atoms with Crippen molar-refractivity contribution in [2.75, 3.05) is 11.4 Å². The van der Waals surface area contributed by atoms with Gasteiger partial charge >= 0.3 is 5.97 Å². The minimum atomic E-state index is -1.03. The Kier molecular flexibility index (Phi) is 12.6. The van der Waals surface area contributed by atoms with Crippen molar-refractivity contribution in [3.63, 3.8) is 0 Å². The van der Waals surface area contributed by atoms with Gasteiger partial charge in [-0.2, -0.15) is 0 Å². The topological polar surface area (TPSA) is 57.6 Å². The number of halogens is 1. The minimum Gasteiger partial charge on any atom is -0.478 e. The highest BCUT2D eigenvalue weighted by Crippen LogP contribution is 2.49. The van der Waals surface area contributed by atoms with Crippen LogP contribution in [0.1, 0.15) is 45.6 Å². The summed E-state index contributed by atoms with van der Waals surface area (Å²) in [5, 5.41) is 9.92. The van der Waals surface area contributed by atoms with Crippen molar-refractivity contribution < 1.29 is 14.7 Å². The van der Waals surface area contributed by atoms with Crippen molar-refractivity contribution in [3.05, 3.63) is 101 Å². The lowest BCUT2D eigenvalue weighted by atomic mass is 10.0. The summed E-state index contributed by atoms with van der Waals surface area (Å²) in [5.41, 5.74) is 2.93. The number of aliphatic carboxylic acids is 1. The zero-order chi connectivity index (χ0) is 24.8. The Labute approximate surface area is 202 Å². The number of carboxylic acids is 1. The SMILES string of the molecule is C=C/C(=C\C(=C/C)CN(C=O)c1ccccc1C1CC1C)C(=O)O.CC.Clc1ccccc1. The number of anilines is 1. The molecule has 0 heterocycles. The summed E-state index contributed by atoms with van der Waals surface area (Å²) < 4.78 is 0. The molecule has 1 aliphatic carbocycles. The Morgan fingerprint density at radius 3 is 2.15 bits per heavy atom. The van der Waals surface area contributed by atoms with E-state index in [-0.39, 0.29) is 5.57 Å². The maximum Gasteiger partial charge on any atom is 0.335 e. The Morgan fingerprint density at radius 1 is 1.15 bits per heavy atom. The van der Waals surface area contributed by atoms with Gasteiger partial charge < -0.3 is 10.0 Å². The van der Waals surface area contributed by atoms with Gasteiger partial charge in [0.15, 0.2) is 0 Å². The summed E-state index contributed by atoms with van der Waals surface area (Å²) in [6.07, 6.45) is 6.60. The molecule has 1 amide bonds. The van der Waals surface area contributed by atoms with E-state index in [1.54, 1.807) is 11.0 Å². The average Bonchev–Trinajstić information content (AvgIpc) is 3.57. The molecule has 4 nitrogen and oxygen atoms in total. The molecule has 2 aromatic rings. The summed E-state index contributed by atoms with van der Waals surface area (Å²) >= 11 is 5.54. The predicted octanol–water partition coefficient (Wildman–Crippen LogP) is 7.28. The third-order valence-electron chi connectivity index (χ3n) is 5.15. The molecule has 2 unspecified atom stereocenters. The number of hydrogen-bond donors (Lipinski definition) is 1. The van der Waals surface area contributed by atoms with Crippen molar-refractivity contribution in [3.8, 4) is 0 Å². The molecule has 1 saturated carbocycles. The molecule has 1 aliphatic rings. The van der Waals surface area contributed by atoms with E-state index in [4.69, 9.17) is 16.7 Å². The number of amides is 1. The highest BCUT2D eigenvalue weighted by atomic mass is 35.5. The summed E-state index contributed by atoms with van der Waals surface area (Å²) in [4.78, 5) is 24.4. The van der Waals surface area contributed by atoms with Gasteiger partial charge in [-0.3, -0.25) is 4.79 Å². The molecule has 2 atom stereocenters. The molecule has 176 valence electrons. The van der Waals surface area contributed by atoms with Crippen LogP contribution < -0.4 is 4.90 Å². The van der Waals surface area contributed by atoms with Gasteiger partial charge in [-0.15, -0.1) is 0 Å². The van der Waals surface area contributed by atoms with Gasteiger partial charge in [0.25, 0.3) is 0 Å². The van der Waals surface area contributed by atoms with Crippen LogP contribution in [-0.4, -0.2) is 24.0 Å². The maximum absolute atomic E-state index is 11.7. The quantitative estimate of drug-likeness (QED) is 0.252. The van der Waals surface area contributed by atoms with E-state index in [0.717, 1.165) is 29.1 Å². The molecule has 5 heteroatoms. The number of carboxylic acid groups (broad SMARTS) is 1.